The number of carboxylic acids is 2. The fourth-order valence-corrected chi connectivity index (χ4v) is 1.95. The van der Waals surface area contributed by atoms with Crippen molar-refractivity contribution in [1.82, 2.24) is 0 Å². The highest BCUT2D eigenvalue weighted by molar-refractivity contribution is 7.98. The molecule has 1 aromatic rings. The predicted octanol–water partition coefficient (Wildman–Crippen LogP) is 2.46. The lowest BCUT2D eigenvalue weighted by Crippen LogP contribution is -2.08. The van der Waals surface area contributed by atoms with Crippen LogP contribution in [-0.4, -0.2) is 28.4 Å². The number of carbonyl (C=O) groups is 2. The Morgan fingerprint density at radius 1 is 1.20 bits per heavy atom. The zero-order valence-electron chi connectivity index (χ0n) is 7.65. The highest BCUT2D eigenvalue weighted by Crippen LogP contribution is 2.28. The maximum absolute atomic E-state index is 10.8. The fraction of sp³-hybridized carbons (Fsp3) is 0.111. The van der Waals surface area contributed by atoms with Crippen LogP contribution in [0.25, 0.3) is 0 Å². The van der Waals surface area contributed by atoms with Crippen molar-refractivity contribution in [3.05, 3.63) is 28.3 Å². The van der Waals surface area contributed by atoms with Crippen LogP contribution in [0.2, 0.25) is 5.02 Å². The number of hydrogen-bond donors (Lipinski definition) is 2. The lowest BCUT2D eigenvalue weighted by Gasteiger charge is -2.06. The van der Waals surface area contributed by atoms with Gasteiger partial charge in [-0.05, 0) is 18.4 Å². The molecule has 0 amide bonds. The maximum atomic E-state index is 10.8. The van der Waals surface area contributed by atoms with Crippen molar-refractivity contribution >= 4 is 35.3 Å². The van der Waals surface area contributed by atoms with E-state index in [1.165, 1.54) is 17.8 Å². The molecule has 1 aromatic carbocycles. The molecule has 1 rings (SSSR count). The second kappa shape index (κ2) is 4.55. The number of carboxylic acid groups (broad SMARTS) is 2. The summed E-state index contributed by atoms with van der Waals surface area (Å²) in [5, 5.41) is 17.8. The van der Waals surface area contributed by atoms with Crippen LogP contribution in [0.3, 0.4) is 0 Å². The van der Waals surface area contributed by atoms with E-state index in [0.29, 0.717) is 4.90 Å². The van der Waals surface area contributed by atoms with Gasteiger partial charge in [-0.3, -0.25) is 0 Å². The van der Waals surface area contributed by atoms with Crippen LogP contribution >= 0.6 is 23.4 Å². The van der Waals surface area contributed by atoms with E-state index >= 15 is 0 Å². The average Bonchev–Trinajstić information content (AvgIpc) is 2.16. The molecule has 0 aliphatic rings. The summed E-state index contributed by atoms with van der Waals surface area (Å²) in [4.78, 5) is 22.1. The Balaban J connectivity index is 3.45. The maximum Gasteiger partial charge on any atom is 0.336 e. The third kappa shape index (κ3) is 2.43. The first kappa shape index (κ1) is 11.9. The van der Waals surface area contributed by atoms with Crippen LogP contribution in [-0.2, 0) is 0 Å². The first-order chi connectivity index (χ1) is 6.97. The summed E-state index contributed by atoms with van der Waals surface area (Å²) in [6.45, 7) is 0. The third-order valence-corrected chi connectivity index (χ3v) is 2.96. The molecule has 80 valence electrons. The number of halogens is 1. The molecular weight excluding hydrogens is 240 g/mol. The zero-order valence-corrected chi connectivity index (χ0v) is 9.22. The zero-order chi connectivity index (χ0) is 11.6. The van der Waals surface area contributed by atoms with Gasteiger partial charge in [-0.1, -0.05) is 11.6 Å². The van der Waals surface area contributed by atoms with Crippen molar-refractivity contribution in [1.29, 1.82) is 0 Å². The molecule has 0 heterocycles. The smallest absolute Gasteiger partial charge is 0.336 e. The number of benzene rings is 1. The minimum absolute atomic E-state index is 0.241. The van der Waals surface area contributed by atoms with Crippen LogP contribution < -0.4 is 0 Å². The van der Waals surface area contributed by atoms with E-state index in [2.05, 4.69) is 0 Å². The van der Waals surface area contributed by atoms with Gasteiger partial charge in [0.1, 0.15) is 0 Å². The second-order valence-electron chi connectivity index (χ2n) is 2.64. The van der Waals surface area contributed by atoms with Crippen LogP contribution in [0.4, 0.5) is 0 Å². The molecule has 0 unspecified atom stereocenters. The Bertz CT molecular complexity index is 430. The molecule has 6 heteroatoms. The normalized spacial score (nSPS) is 10.0. The number of rotatable bonds is 3. The molecule has 2 N–H and O–H groups in total. The van der Waals surface area contributed by atoms with Gasteiger partial charge in [-0.15, -0.1) is 11.8 Å². The SMILES string of the molecule is CSc1cc(C(=O)O)c(C(=O)O)cc1Cl. The molecule has 0 bridgehead atoms. The summed E-state index contributed by atoms with van der Waals surface area (Å²) >= 11 is 7.03. The lowest BCUT2D eigenvalue weighted by atomic mass is 10.1. The Hall–Kier alpha value is -1.20. The van der Waals surface area contributed by atoms with Crippen molar-refractivity contribution < 1.29 is 19.8 Å². The van der Waals surface area contributed by atoms with Gasteiger partial charge >= 0.3 is 11.9 Å². The molecule has 4 nitrogen and oxygen atoms in total. The van der Waals surface area contributed by atoms with E-state index in [4.69, 9.17) is 21.8 Å². The molecule has 0 spiro atoms. The number of thioether (sulfide) groups is 1. The molecule has 0 saturated heterocycles. The van der Waals surface area contributed by atoms with Crippen molar-refractivity contribution in [3.8, 4) is 0 Å². The van der Waals surface area contributed by atoms with E-state index in [-0.39, 0.29) is 16.1 Å². The Morgan fingerprint density at radius 2 is 1.67 bits per heavy atom. The number of hydrogen-bond acceptors (Lipinski definition) is 3. The van der Waals surface area contributed by atoms with Gasteiger partial charge in [0.25, 0.3) is 0 Å². The van der Waals surface area contributed by atoms with Crippen molar-refractivity contribution in [2.24, 2.45) is 0 Å². The summed E-state index contributed by atoms with van der Waals surface area (Å²) in [6.07, 6.45) is 1.73. The quantitative estimate of drug-likeness (QED) is 0.802. The fourth-order valence-electron chi connectivity index (χ4n) is 1.06. The van der Waals surface area contributed by atoms with E-state index in [0.717, 1.165) is 6.07 Å². The summed E-state index contributed by atoms with van der Waals surface area (Å²) in [6, 6.07) is 2.41. The highest BCUT2D eigenvalue weighted by Gasteiger charge is 2.18. The van der Waals surface area contributed by atoms with Gasteiger partial charge in [-0.25, -0.2) is 9.59 Å². The molecule has 0 aliphatic carbocycles. The van der Waals surface area contributed by atoms with Gasteiger partial charge in [0, 0.05) is 4.90 Å². The van der Waals surface area contributed by atoms with Crippen molar-refractivity contribution in [3.63, 3.8) is 0 Å². The first-order valence-electron chi connectivity index (χ1n) is 3.81. The molecule has 0 radical (unpaired) electrons. The summed E-state index contributed by atoms with van der Waals surface area (Å²) < 4.78 is 0. The second-order valence-corrected chi connectivity index (χ2v) is 3.90. The van der Waals surface area contributed by atoms with E-state index < -0.39 is 11.9 Å². The molecule has 0 fully saturated rings. The van der Waals surface area contributed by atoms with E-state index in [1.807, 2.05) is 0 Å². The summed E-state index contributed by atoms with van der Waals surface area (Å²) in [7, 11) is 0. The predicted molar refractivity (Wildman–Crippen MR) is 57.2 cm³/mol. The van der Waals surface area contributed by atoms with Crippen LogP contribution in [0.15, 0.2) is 17.0 Å². The van der Waals surface area contributed by atoms with Gasteiger partial charge in [-0.2, -0.15) is 0 Å². The lowest BCUT2D eigenvalue weighted by molar-refractivity contribution is 0.0651. The molecular formula is C9H7ClO4S. The van der Waals surface area contributed by atoms with E-state index in [1.54, 1.807) is 6.26 Å². The van der Waals surface area contributed by atoms with Gasteiger partial charge in [0.15, 0.2) is 0 Å². The molecule has 0 aliphatic heterocycles. The standard InChI is InChI=1S/C9H7ClO4S/c1-15-7-3-5(9(13)14)4(8(11)12)2-6(7)10/h2-3H,1H3,(H,11,12)(H,13,14). The van der Waals surface area contributed by atoms with Crippen molar-refractivity contribution in [2.45, 2.75) is 4.90 Å². The largest absolute Gasteiger partial charge is 0.478 e. The molecule has 15 heavy (non-hydrogen) atoms. The van der Waals surface area contributed by atoms with Crippen LogP contribution in [0, 0.1) is 0 Å². The Labute approximate surface area is 94.9 Å². The van der Waals surface area contributed by atoms with Gasteiger partial charge in [0.05, 0.1) is 16.1 Å². The van der Waals surface area contributed by atoms with Gasteiger partial charge < -0.3 is 10.2 Å². The van der Waals surface area contributed by atoms with Crippen LogP contribution in [0.1, 0.15) is 20.7 Å². The summed E-state index contributed by atoms with van der Waals surface area (Å²) in [5.41, 5.74) is -0.554. The first-order valence-corrected chi connectivity index (χ1v) is 5.41. The van der Waals surface area contributed by atoms with Gasteiger partial charge in [0.2, 0.25) is 0 Å². The van der Waals surface area contributed by atoms with E-state index in [9.17, 15) is 9.59 Å². The summed E-state index contributed by atoms with van der Waals surface area (Å²) in [5.74, 6) is -2.58. The minimum atomic E-state index is -1.30. The van der Waals surface area contributed by atoms with Crippen molar-refractivity contribution in [2.75, 3.05) is 6.26 Å². The average molecular weight is 247 g/mol. The minimum Gasteiger partial charge on any atom is -0.478 e. The molecule has 0 saturated carbocycles. The molecule has 0 aromatic heterocycles. The Morgan fingerprint density at radius 3 is 2.07 bits per heavy atom. The topological polar surface area (TPSA) is 74.6 Å². The number of aromatic carboxylic acids is 2. The highest BCUT2D eigenvalue weighted by atomic mass is 35.5. The monoisotopic (exact) mass is 246 g/mol. The third-order valence-electron chi connectivity index (χ3n) is 1.75. The van der Waals surface area contributed by atoms with Crippen LogP contribution in [0.5, 0.6) is 0 Å². The molecule has 0 atom stereocenters. The Kier molecular flexibility index (Phi) is 3.60.